The van der Waals surface area contributed by atoms with Crippen LogP contribution in [0.2, 0.25) is 0 Å². The van der Waals surface area contributed by atoms with Crippen LogP contribution < -0.4 is 5.73 Å². The number of carbonyl (C=O) groups is 1. The van der Waals surface area contributed by atoms with Gasteiger partial charge < -0.3 is 5.73 Å². The number of amides is 1. The van der Waals surface area contributed by atoms with E-state index in [2.05, 4.69) is 0 Å². The molecule has 0 fully saturated rings. The van der Waals surface area contributed by atoms with Crippen molar-refractivity contribution in [3.8, 4) is 6.07 Å². The summed E-state index contributed by atoms with van der Waals surface area (Å²) in [5, 5.41) is 19.2. The van der Waals surface area contributed by atoms with Crippen LogP contribution in [0.1, 0.15) is 15.9 Å². The van der Waals surface area contributed by atoms with Crippen molar-refractivity contribution in [1.82, 2.24) is 0 Å². The lowest BCUT2D eigenvalue weighted by Crippen LogP contribution is -2.13. The summed E-state index contributed by atoms with van der Waals surface area (Å²) < 4.78 is 0.353. The van der Waals surface area contributed by atoms with Crippen molar-refractivity contribution in [2.45, 2.75) is 0 Å². The van der Waals surface area contributed by atoms with Gasteiger partial charge >= 0.3 is 0 Å². The van der Waals surface area contributed by atoms with Crippen molar-refractivity contribution in [1.29, 1.82) is 5.26 Å². The standard InChI is InChI=1S/C8H4IN3O3/c9-6-2-7(12(14)15)4(3-10)1-5(6)8(11)13/h1-2H,(H2,11,13). The fraction of sp³-hybridized carbons (Fsp3) is 0. The summed E-state index contributed by atoms with van der Waals surface area (Å²) in [7, 11) is 0. The molecule has 0 saturated carbocycles. The zero-order valence-electron chi connectivity index (χ0n) is 7.23. The number of halogens is 1. The molecule has 76 valence electrons. The Balaban J connectivity index is 3.51. The molecule has 0 atom stereocenters. The first kappa shape index (κ1) is 11.4. The van der Waals surface area contributed by atoms with Crippen molar-refractivity contribution in [2.24, 2.45) is 5.73 Å². The van der Waals surface area contributed by atoms with Crippen molar-refractivity contribution < 1.29 is 9.72 Å². The number of nitro benzene ring substituents is 1. The number of hydrogen-bond acceptors (Lipinski definition) is 4. The SMILES string of the molecule is N#Cc1cc(C(N)=O)c(I)cc1[N+](=O)[O-]. The van der Waals surface area contributed by atoms with Crippen LogP contribution in [-0.2, 0) is 0 Å². The first-order valence-corrected chi connectivity index (χ1v) is 4.73. The molecule has 0 aliphatic rings. The lowest BCUT2D eigenvalue weighted by Gasteiger charge is -2.01. The van der Waals surface area contributed by atoms with Gasteiger partial charge in [0.1, 0.15) is 11.6 Å². The molecule has 0 spiro atoms. The van der Waals surface area contributed by atoms with Crippen LogP contribution >= 0.6 is 22.6 Å². The van der Waals surface area contributed by atoms with Gasteiger partial charge in [0.05, 0.1) is 10.5 Å². The van der Waals surface area contributed by atoms with Crippen LogP contribution in [0.5, 0.6) is 0 Å². The maximum absolute atomic E-state index is 10.9. The van der Waals surface area contributed by atoms with Gasteiger partial charge in [-0.1, -0.05) is 0 Å². The van der Waals surface area contributed by atoms with Crippen molar-refractivity contribution in [2.75, 3.05) is 0 Å². The van der Waals surface area contributed by atoms with Gasteiger partial charge in [-0.25, -0.2) is 0 Å². The Morgan fingerprint density at radius 3 is 2.60 bits per heavy atom. The molecule has 1 aromatic carbocycles. The number of nitrogens with zero attached hydrogens (tertiary/aromatic N) is 2. The minimum atomic E-state index is -0.717. The fourth-order valence-corrected chi connectivity index (χ4v) is 1.71. The van der Waals surface area contributed by atoms with E-state index in [0.29, 0.717) is 3.57 Å². The van der Waals surface area contributed by atoms with E-state index in [9.17, 15) is 14.9 Å². The van der Waals surface area contributed by atoms with E-state index >= 15 is 0 Å². The Bertz CT molecular complexity index is 493. The number of benzene rings is 1. The Morgan fingerprint density at radius 1 is 1.60 bits per heavy atom. The van der Waals surface area contributed by atoms with Crippen LogP contribution in [0.15, 0.2) is 12.1 Å². The van der Waals surface area contributed by atoms with E-state index in [1.165, 1.54) is 0 Å². The summed E-state index contributed by atoms with van der Waals surface area (Å²) in [5.41, 5.74) is 4.65. The molecule has 0 aromatic heterocycles. The molecule has 1 amide bonds. The maximum atomic E-state index is 10.9. The van der Waals surface area contributed by atoms with E-state index in [-0.39, 0.29) is 16.8 Å². The van der Waals surface area contributed by atoms with Crippen LogP contribution in [0.3, 0.4) is 0 Å². The fourth-order valence-electron chi connectivity index (χ4n) is 0.992. The topological polar surface area (TPSA) is 110 Å². The second-order valence-electron chi connectivity index (χ2n) is 2.58. The minimum Gasteiger partial charge on any atom is -0.366 e. The predicted molar refractivity (Wildman–Crippen MR) is 59.0 cm³/mol. The van der Waals surface area contributed by atoms with Gasteiger partial charge in [0, 0.05) is 9.64 Å². The first-order chi connectivity index (χ1) is 6.97. The van der Waals surface area contributed by atoms with E-state index in [0.717, 1.165) is 12.1 Å². The number of nitriles is 1. The maximum Gasteiger partial charge on any atom is 0.288 e. The lowest BCUT2D eigenvalue weighted by molar-refractivity contribution is -0.385. The monoisotopic (exact) mass is 317 g/mol. The normalized spacial score (nSPS) is 9.33. The number of carbonyl (C=O) groups excluding carboxylic acids is 1. The summed E-state index contributed by atoms with van der Waals surface area (Å²) in [6.07, 6.45) is 0. The second kappa shape index (κ2) is 4.22. The number of rotatable bonds is 2. The Labute approximate surface area is 98.0 Å². The zero-order chi connectivity index (χ0) is 11.6. The molecule has 0 bridgehead atoms. The highest BCUT2D eigenvalue weighted by molar-refractivity contribution is 14.1. The molecular weight excluding hydrogens is 313 g/mol. The van der Waals surface area contributed by atoms with Gasteiger partial charge in [0.25, 0.3) is 5.69 Å². The predicted octanol–water partition coefficient (Wildman–Crippen LogP) is 1.17. The number of hydrogen-bond donors (Lipinski definition) is 1. The van der Waals surface area contributed by atoms with E-state index < -0.39 is 10.8 Å². The summed E-state index contributed by atoms with van der Waals surface area (Å²) >= 11 is 1.75. The van der Waals surface area contributed by atoms with Gasteiger partial charge in [-0.3, -0.25) is 14.9 Å². The molecule has 0 unspecified atom stereocenters. The zero-order valence-corrected chi connectivity index (χ0v) is 9.39. The number of nitro groups is 1. The largest absolute Gasteiger partial charge is 0.366 e. The first-order valence-electron chi connectivity index (χ1n) is 3.65. The Kier molecular flexibility index (Phi) is 3.21. The van der Waals surface area contributed by atoms with Crippen LogP contribution in [0.25, 0.3) is 0 Å². The molecule has 1 rings (SSSR count). The third kappa shape index (κ3) is 2.21. The highest BCUT2D eigenvalue weighted by Gasteiger charge is 2.18. The van der Waals surface area contributed by atoms with Crippen molar-refractivity contribution in [3.63, 3.8) is 0 Å². The van der Waals surface area contributed by atoms with Crippen LogP contribution in [-0.4, -0.2) is 10.8 Å². The Morgan fingerprint density at radius 2 is 2.20 bits per heavy atom. The van der Waals surface area contributed by atoms with Crippen LogP contribution in [0, 0.1) is 25.0 Å². The average molecular weight is 317 g/mol. The van der Waals surface area contributed by atoms with Gasteiger partial charge in [-0.2, -0.15) is 5.26 Å². The van der Waals surface area contributed by atoms with E-state index in [4.69, 9.17) is 11.0 Å². The molecule has 0 aliphatic carbocycles. The molecule has 0 aliphatic heterocycles. The quantitative estimate of drug-likeness (QED) is 0.501. The van der Waals surface area contributed by atoms with Crippen molar-refractivity contribution >= 4 is 34.2 Å². The average Bonchev–Trinajstić information content (AvgIpc) is 2.16. The van der Waals surface area contributed by atoms with Gasteiger partial charge in [-0.15, -0.1) is 0 Å². The summed E-state index contributed by atoms with van der Waals surface area (Å²) in [6.45, 7) is 0. The molecule has 7 heteroatoms. The highest BCUT2D eigenvalue weighted by atomic mass is 127. The summed E-state index contributed by atoms with van der Waals surface area (Å²) in [4.78, 5) is 20.8. The molecule has 1 aromatic rings. The molecule has 2 N–H and O–H groups in total. The van der Waals surface area contributed by atoms with Gasteiger partial charge in [-0.05, 0) is 28.7 Å². The van der Waals surface area contributed by atoms with E-state index in [1.807, 2.05) is 0 Å². The number of nitrogens with two attached hydrogens (primary N) is 1. The lowest BCUT2D eigenvalue weighted by atomic mass is 10.1. The molecule has 0 saturated heterocycles. The molecular formula is C8H4IN3O3. The van der Waals surface area contributed by atoms with Gasteiger partial charge in [0.15, 0.2) is 0 Å². The third-order valence-corrected chi connectivity index (χ3v) is 2.56. The summed E-state index contributed by atoms with van der Waals surface area (Å²) in [6, 6.07) is 3.93. The number of primary amides is 1. The highest BCUT2D eigenvalue weighted by Crippen LogP contribution is 2.24. The van der Waals surface area contributed by atoms with Crippen LogP contribution in [0.4, 0.5) is 5.69 Å². The smallest absolute Gasteiger partial charge is 0.288 e. The van der Waals surface area contributed by atoms with Gasteiger partial charge in [0.2, 0.25) is 5.91 Å². The third-order valence-electron chi connectivity index (χ3n) is 1.67. The minimum absolute atomic E-state index is 0.109. The molecule has 15 heavy (non-hydrogen) atoms. The molecule has 0 radical (unpaired) electrons. The van der Waals surface area contributed by atoms with Crippen molar-refractivity contribution in [3.05, 3.63) is 36.9 Å². The van der Waals surface area contributed by atoms with E-state index in [1.54, 1.807) is 28.7 Å². The molecule has 0 heterocycles. The molecule has 6 nitrogen and oxygen atoms in total. The Hall–Kier alpha value is -1.69. The summed E-state index contributed by atoms with van der Waals surface area (Å²) in [5.74, 6) is -0.717. The second-order valence-corrected chi connectivity index (χ2v) is 3.74.